The van der Waals surface area contributed by atoms with E-state index in [-0.39, 0.29) is 17.9 Å². The van der Waals surface area contributed by atoms with Crippen molar-refractivity contribution in [2.24, 2.45) is 0 Å². The van der Waals surface area contributed by atoms with Crippen LogP contribution in [0.4, 0.5) is 0 Å². The summed E-state index contributed by atoms with van der Waals surface area (Å²) >= 11 is 0. The van der Waals surface area contributed by atoms with Crippen molar-refractivity contribution in [2.75, 3.05) is 41.6 Å². The number of hydrogen-bond acceptors (Lipinski definition) is 7. The minimum atomic E-state index is -0.829. The smallest absolute Gasteiger partial charge is 0.295 e. The Morgan fingerprint density at radius 1 is 0.970 bits per heavy atom. The third-order valence-corrected chi connectivity index (χ3v) is 5.69. The van der Waals surface area contributed by atoms with Gasteiger partial charge in [0.1, 0.15) is 23.0 Å². The highest BCUT2D eigenvalue weighted by Crippen LogP contribution is 2.44. The molecule has 0 radical (unpaired) electrons. The fourth-order valence-corrected chi connectivity index (χ4v) is 4.04. The molecule has 1 heterocycles. The lowest BCUT2D eigenvalue weighted by atomic mass is 9.94. The number of carbonyl (C=O) groups excluding carboxylic acids is 2. The predicted octanol–water partition coefficient (Wildman–Crippen LogP) is 3.48. The van der Waals surface area contributed by atoms with Crippen molar-refractivity contribution < 1.29 is 33.6 Å². The molecule has 2 aromatic rings. The number of ether oxygens (including phenoxy) is 4. The Morgan fingerprint density at radius 3 is 2.30 bits per heavy atom. The van der Waals surface area contributed by atoms with Crippen molar-refractivity contribution in [1.82, 2.24) is 4.90 Å². The van der Waals surface area contributed by atoms with Crippen molar-refractivity contribution in [3.8, 4) is 17.2 Å². The first-order valence-electron chi connectivity index (χ1n) is 10.5. The molecule has 0 saturated carbocycles. The summed E-state index contributed by atoms with van der Waals surface area (Å²) in [5, 5.41) is 11.2. The first kappa shape index (κ1) is 24.1. The number of amides is 1. The van der Waals surface area contributed by atoms with Crippen LogP contribution >= 0.6 is 0 Å². The van der Waals surface area contributed by atoms with Crippen LogP contribution in [0.2, 0.25) is 0 Å². The largest absolute Gasteiger partial charge is 0.507 e. The Morgan fingerprint density at radius 2 is 1.70 bits per heavy atom. The SMILES string of the molecule is COCCCN1C(=O)C(=O)/C(=C(/O)c2ccc(OC)c(C)c2)C1c1ccc(OC)cc1OC. The molecule has 0 spiro atoms. The maximum absolute atomic E-state index is 13.1. The molecule has 1 N–H and O–H groups in total. The van der Waals surface area contributed by atoms with Crippen LogP contribution in [0.1, 0.15) is 29.2 Å². The van der Waals surface area contributed by atoms with Crippen LogP contribution in [0.25, 0.3) is 5.76 Å². The number of hydrogen-bond donors (Lipinski definition) is 1. The van der Waals surface area contributed by atoms with Gasteiger partial charge >= 0.3 is 0 Å². The average Bonchev–Trinajstić information content (AvgIpc) is 3.08. The zero-order valence-corrected chi connectivity index (χ0v) is 19.5. The van der Waals surface area contributed by atoms with E-state index in [1.54, 1.807) is 50.6 Å². The van der Waals surface area contributed by atoms with Crippen LogP contribution in [-0.4, -0.2) is 63.3 Å². The molecule has 2 aromatic carbocycles. The summed E-state index contributed by atoms with van der Waals surface area (Å²) in [5.41, 5.74) is 1.78. The number of ketones is 1. The van der Waals surface area contributed by atoms with Crippen LogP contribution in [0.5, 0.6) is 17.2 Å². The normalized spacial score (nSPS) is 17.4. The third kappa shape index (κ3) is 4.66. The summed E-state index contributed by atoms with van der Waals surface area (Å²) in [5.74, 6) is -0.0225. The molecule has 0 bridgehead atoms. The number of Topliss-reactive ketones (excluding diaryl/α,β-unsaturated/α-hetero) is 1. The minimum absolute atomic E-state index is 0.00505. The van der Waals surface area contributed by atoms with E-state index in [1.807, 2.05) is 6.92 Å². The molecule has 8 heteroatoms. The quantitative estimate of drug-likeness (QED) is 0.268. The summed E-state index contributed by atoms with van der Waals surface area (Å²) in [6.45, 7) is 2.53. The number of carbonyl (C=O) groups is 2. The van der Waals surface area contributed by atoms with Gasteiger partial charge in [0.25, 0.3) is 11.7 Å². The van der Waals surface area contributed by atoms with Crippen molar-refractivity contribution in [3.05, 3.63) is 58.7 Å². The highest BCUT2D eigenvalue weighted by atomic mass is 16.5. The lowest BCUT2D eigenvalue weighted by Crippen LogP contribution is -2.31. The van der Waals surface area contributed by atoms with Crippen LogP contribution in [0, 0.1) is 6.92 Å². The Balaban J connectivity index is 2.20. The van der Waals surface area contributed by atoms with Crippen molar-refractivity contribution in [1.29, 1.82) is 0 Å². The van der Waals surface area contributed by atoms with E-state index in [0.29, 0.717) is 41.4 Å². The second-order valence-corrected chi connectivity index (χ2v) is 7.63. The molecule has 8 nitrogen and oxygen atoms in total. The van der Waals surface area contributed by atoms with Crippen molar-refractivity contribution in [2.45, 2.75) is 19.4 Å². The van der Waals surface area contributed by atoms with Gasteiger partial charge in [-0.05, 0) is 49.2 Å². The maximum atomic E-state index is 13.1. The highest BCUT2D eigenvalue weighted by molar-refractivity contribution is 6.46. The van der Waals surface area contributed by atoms with Gasteiger partial charge in [-0.1, -0.05) is 0 Å². The first-order valence-corrected chi connectivity index (χ1v) is 10.5. The van der Waals surface area contributed by atoms with E-state index in [1.165, 1.54) is 19.1 Å². The van der Waals surface area contributed by atoms with E-state index in [2.05, 4.69) is 0 Å². The van der Waals surface area contributed by atoms with E-state index < -0.39 is 17.7 Å². The molecule has 1 fully saturated rings. The van der Waals surface area contributed by atoms with Gasteiger partial charge < -0.3 is 29.0 Å². The second kappa shape index (κ2) is 10.4. The molecular formula is C25H29NO7. The summed E-state index contributed by atoms with van der Waals surface area (Å²) in [4.78, 5) is 27.6. The number of nitrogens with zero attached hydrogens (tertiary/aromatic N) is 1. The van der Waals surface area contributed by atoms with Gasteiger partial charge in [-0.3, -0.25) is 9.59 Å². The van der Waals surface area contributed by atoms with Gasteiger partial charge in [-0.15, -0.1) is 0 Å². The highest BCUT2D eigenvalue weighted by Gasteiger charge is 2.46. The molecule has 33 heavy (non-hydrogen) atoms. The van der Waals surface area contributed by atoms with Gasteiger partial charge in [0.05, 0.1) is 32.9 Å². The number of benzene rings is 2. The minimum Gasteiger partial charge on any atom is -0.507 e. The molecule has 3 rings (SSSR count). The number of aryl methyl sites for hydroxylation is 1. The number of methoxy groups -OCH3 is 4. The van der Waals surface area contributed by atoms with Crippen LogP contribution in [-0.2, 0) is 14.3 Å². The third-order valence-electron chi connectivity index (χ3n) is 5.69. The van der Waals surface area contributed by atoms with Gasteiger partial charge in [0.2, 0.25) is 0 Å². The Hall–Kier alpha value is -3.52. The van der Waals surface area contributed by atoms with E-state index in [4.69, 9.17) is 18.9 Å². The lowest BCUT2D eigenvalue weighted by Gasteiger charge is -2.26. The fourth-order valence-electron chi connectivity index (χ4n) is 4.04. The zero-order valence-electron chi connectivity index (χ0n) is 19.5. The average molecular weight is 456 g/mol. The van der Waals surface area contributed by atoms with Gasteiger partial charge in [-0.2, -0.15) is 0 Å². The standard InChI is InChI=1S/C25H29NO7/c1-15-13-16(7-10-19(15)32-4)23(27)21-22(18-9-8-17(31-3)14-20(18)33-5)26(11-6-12-30-2)25(29)24(21)28/h7-10,13-14,22,27H,6,11-12H2,1-5H3/b23-21+. The monoisotopic (exact) mass is 455 g/mol. The molecule has 0 aliphatic carbocycles. The molecule has 1 aliphatic rings. The molecule has 1 atom stereocenters. The molecule has 0 aromatic heterocycles. The molecular weight excluding hydrogens is 426 g/mol. The number of rotatable bonds is 9. The lowest BCUT2D eigenvalue weighted by molar-refractivity contribution is -0.140. The van der Waals surface area contributed by atoms with Crippen molar-refractivity contribution >= 4 is 17.4 Å². The first-order chi connectivity index (χ1) is 15.9. The Bertz CT molecular complexity index is 1080. The second-order valence-electron chi connectivity index (χ2n) is 7.63. The summed E-state index contributed by atoms with van der Waals surface area (Å²) in [6, 6.07) is 9.40. The molecule has 1 unspecified atom stereocenters. The van der Waals surface area contributed by atoms with E-state index in [0.717, 1.165) is 5.56 Å². The maximum Gasteiger partial charge on any atom is 0.295 e. The number of aliphatic hydroxyl groups excluding tert-OH is 1. The Labute approximate surface area is 193 Å². The molecule has 1 amide bonds. The predicted molar refractivity (Wildman–Crippen MR) is 123 cm³/mol. The summed E-state index contributed by atoms with van der Waals surface area (Å²) < 4.78 is 21.2. The number of aliphatic hydroxyl groups is 1. The molecule has 176 valence electrons. The fraction of sp³-hybridized carbons (Fsp3) is 0.360. The van der Waals surface area contributed by atoms with Gasteiger partial charge in [0.15, 0.2) is 0 Å². The van der Waals surface area contributed by atoms with E-state index >= 15 is 0 Å². The number of likely N-dealkylation sites (tertiary alicyclic amines) is 1. The zero-order chi connectivity index (χ0) is 24.1. The Kier molecular flexibility index (Phi) is 7.60. The van der Waals surface area contributed by atoms with Crippen LogP contribution in [0.15, 0.2) is 42.0 Å². The molecule has 1 aliphatic heterocycles. The van der Waals surface area contributed by atoms with Crippen molar-refractivity contribution in [3.63, 3.8) is 0 Å². The van der Waals surface area contributed by atoms with Gasteiger partial charge in [0, 0.05) is 37.5 Å². The van der Waals surface area contributed by atoms with Crippen LogP contribution < -0.4 is 14.2 Å². The summed E-state index contributed by atoms with van der Waals surface area (Å²) in [6.07, 6.45) is 0.528. The van der Waals surface area contributed by atoms with Gasteiger partial charge in [-0.25, -0.2) is 0 Å². The molecule has 1 saturated heterocycles. The summed E-state index contributed by atoms with van der Waals surface area (Å²) in [7, 11) is 6.17. The topological polar surface area (TPSA) is 94.5 Å². The van der Waals surface area contributed by atoms with E-state index in [9.17, 15) is 14.7 Å². The van der Waals surface area contributed by atoms with Crippen LogP contribution in [0.3, 0.4) is 0 Å².